The van der Waals surface area contributed by atoms with Crippen LogP contribution in [-0.2, 0) is 0 Å². The molecular weight excluding hydrogens is 184 g/mol. The summed E-state index contributed by atoms with van der Waals surface area (Å²) in [6, 6.07) is 0.333. The Kier molecular flexibility index (Phi) is 3.83. The largest absolute Gasteiger partial charge is 0.327 e. The van der Waals surface area contributed by atoms with Gasteiger partial charge in [0.2, 0.25) is 0 Å². The Balaban J connectivity index is 2.18. The summed E-state index contributed by atoms with van der Waals surface area (Å²) in [6.07, 6.45) is 2.31. The van der Waals surface area contributed by atoms with Crippen LogP contribution in [0.2, 0.25) is 0 Å². The lowest BCUT2D eigenvalue weighted by atomic mass is 10.0. The molecule has 1 aliphatic rings. The predicted octanol–water partition coefficient (Wildman–Crippen LogP) is 2.39. The molecule has 0 aromatic rings. The fourth-order valence-corrected chi connectivity index (χ4v) is 2.73. The first-order valence-corrected chi connectivity index (χ1v) is 6.30. The van der Waals surface area contributed by atoms with Crippen LogP contribution in [0.1, 0.15) is 47.5 Å². The topological polar surface area (TPSA) is 38.0 Å². The molecule has 1 aliphatic carbocycles. The van der Waals surface area contributed by atoms with Crippen molar-refractivity contribution in [1.82, 2.24) is 5.32 Å². The standard InChI is InChI=1S/C13H28N2/c1-6-7-10(14)8-15-9-11-12(2,3)13(11,4)5/h10-11,15H,6-9,14H2,1-5H3. The van der Waals surface area contributed by atoms with Crippen LogP contribution in [0, 0.1) is 16.7 Å². The number of hydrogen-bond donors (Lipinski definition) is 2. The van der Waals surface area contributed by atoms with Crippen LogP contribution in [0.4, 0.5) is 0 Å². The number of nitrogens with one attached hydrogen (secondary N) is 1. The monoisotopic (exact) mass is 212 g/mol. The molecule has 1 saturated carbocycles. The lowest BCUT2D eigenvalue weighted by Crippen LogP contribution is -2.35. The Morgan fingerprint density at radius 1 is 1.20 bits per heavy atom. The van der Waals surface area contributed by atoms with Gasteiger partial charge in [-0.25, -0.2) is 0 Å². The van der Waals surface area contributed by atoms with Gasteiger partial charge in [-0.15, -0.1) is 0 Å². The summed E-state index contributed by atoms with van der Waals surface area (Å²) in [5, 5.41) is 3.52. The molecule has 1 fully saturated rings. The Bertz CT molecular complexity index is 195. The van der Waals surface area contributed by atoms with E-state index in [2.05, 4.69) is 39.9 Å². The maximum atomic E-state index is 5.96. The molecule has 90 valence electrons. The van der Waals surface area contributed by atoms with Crippen LogP contribution >= 0.6 is 0 Å². The highest BCUT2D eigenvalue weighted by Crippen LogP contribution is 2.67. The minimum atomic E-state index is 0.333. The van der Waals surface area contributed by atoms with E-state index in [1.165, 1.54) is 6.42 Å². The third-order valence-corrected chi connectivity index (χ3v) is 4.73. The molecule has 1 rings (SSSR count). The van der Waals surface area contributed by atoms with E-state index in [1.54, 1.807) is 0 Å². The maximum Gasteiger partial charge on any atom is 0.0165 e. The zero-order valence-electron chi connectivity index (χ0n) is 11.1. The Morgan fingerprint density at radius 3 is 2.13 bits per heavy atom. The zero-order chi connectivity index (χ0) is 11.7. The SMILES string of the molecule is CCCC(N)CNCC1C(C)(C)C1(C)C. The van der Waals surface area contributed by atoms with Gasteiger partial charge in [-0.1, -0.05) is 41.0 Å². The molecule has 2 nitrogen and oxygen atoms in total. The summed E-state index contributed by atoms with van der Waals surface area (Å²) in [5.41, 5.74) is 6.95. The molecule has 1 atom stereocenters. The van der Waals surface area contributed by atoms with Crippen molar-refractivity contribution in [3.63, 3.8) is 0 Å². The Labute approximate surface area is 95.0 Å². The van der Waals surface area contributed by atoms with Crippen molar-refractivity contribution in [2.75, 3.05) is 13.1 Å². The second-order valence-electron chi connectivity index (χ2n) is 6.20. The second-order valence-corrected chi connectivity index (χ2v) is 6.20. The van der Waals surface area contributed by atoms with Gasteiger partial charge in [0.1, 0.15) is 0 Å². The average Bonchev–Trinajstić information content (AvgIpc) is 2.48. The Hall–Kier alpha value is -0.0800. The third-order valence-electron chi connectivity index (χ3n) is 4.73. The third kappa shape index (κ3) is 2.54. The van der Waals surface area contributed by atoms with Gasteiger partial charge in [-0.05, 0) is 29.7 Å². The minimum absolute atomic E-state index is 0.333. The van der Waals surface area contributed by atoms with Gasteiger partial charge in [-0.2, -0.15) is 0 Å². The predicted molar refractivity (Wildman–Crippen MR) is 66.8 cm³/mol. The van der Waals surface area contributed by atoms with Gasteiger partial charge >= 0.3 is 0 Å². The van der Waals surface area contributed by atoms with E-state index in [-0.39, 0.29) is 0 Å². The lowest BCUT2D eigenvalue weighted by Gasteiger charge is -2.12. The Morgan fingerprint density at radius 2 is 1.73 bits per heavy atom. The molecule has 2 heteroatoms. The zero-order valence-corrected chi connectivity index (χ0v) is 11.1. The molecule has 0 spiro atoms. The van der Waals surface area contributed by atoms with Gasteiger partial charge < -0.3 is 11.1 Å². The molecule has 0 aromatic heterocycles. The van der Waals surface area contributed by atoms with Gasteiger partial charge in [0.05, 0.1) is 0 Å². The van der Waals surface area contributed by atoms with Crippen molar-refractivity contribution in [2.24, 2.45) is 22.5 Å². The minimum Gasteiger partial charge on any atom is -0.327 e. The summed E-state index contributed by atoms with van der Waals surface area (Å²) in [7, 11) is 0. The van der Waals surface area contributed by atoms with E-state index in [4.69, 9.17) is 5.73 Å². The number of hydrogen-bond acceptors (Lipinski definition) is 2. The number of rotatable bonds is 6. The van der Waals surface area contributed by atoms with Gasteiger partial charge in [0.25, 0.3) is 0 Å². The van der Waals surface area contributed by atoms with E-state index in [9.17, 15) is 0 Å². The van der Waals surface area contributed by atoms with Gasteiger partial charge in [0, 0.05) is 12.6 Å². The first-order chi connectivity index (χ1) is 6.84. The van der Waals surface area contributed by atoms with Crippen LogP contribution in [0.25, 0.3) is 0 Å². The summed E-state index contributed by atoms with van der Waals surface area (Å²) >= 11 is 0. The molecule has 0 amide bonds. The first kappa shape index (κ1) is 13.0. The van der Waals surface area contributed by atoms with Crippen LogP contribution in [0.15, 0.2) is 0 Å². The van der Waals surface area contributed by atoms with E-state index < -0.39 is 0 Å². The smallest absolute Gasteiger partial charge is 0.0165 e. The fraction of sp³-hybridized carbons (Fsp3) is 1.00. The lowest BCUT2D eigenvalue weighted by molar-refractivity contribution is 0.457. The molecular formula is C13H28N2. The quantitative estimate of drug-likeness (QED) is 0.709. The summed E-state index contributed by atoms with van der Waals surface area (Å²) in [4.78, 5) is 0. The normalized spacial score (nSPS) is 25.2. The highest BCUT2D eigenvalue weighted by molar-refractivity contribution is 5.12. The molecule has 0 aromatic carbocycles. The van der Waals surface area contributed by atoms with E-state index in [0.29, 0.717) is 16.9 Å². The van der Waals surface area contributed by atoms with Crippen molar-refractivity contribution in [2.45, 2.75) is 53.5 Å². The van der Waals surface area contributed by atoms with E-state index in [0.717, 1.165) is 25.4 Å². The van der Waals surface area contributed by atoms with Crippen LogP contribution < -0.4 is 11.1 Å². The molecule has 0 radical (unpaired) electrons. The summed E-state index contributed by atoms with van der Waals surface area (Å²) < 4.78 is 0. The second kappa shape index (κ2) is 4.42. The van der Waals surface area contributed by atoms with Crippen LogP contribution in [-0.4, -0.2) is 19.1 Å². The molecule has 1 unspecified atom stereocenters. The molecule has 0 saturated heterocycles. The summed E-state index contributed by atoms with van der Waals surface area (Å²) in [5.74, 6) is 0.804. The van der Waals surface area contributed by atoms with Crippen molar-refractivity contribution in [3.05, 3.63) is 0 Å². The fourth-order valence-electron chi connectivity index (χ4n) is 2.73. The van der Waals surface area contributed by atoms with Gasteiger partial charge in [0.15, 0.2) is 0 Å². The van der Waals surface area contributed by atoms with Crippen LogP contribution in [0.5, 0.6) is 0 Å². The summed E-state index contributed by atoms with van der Waals surface area (Å²) in [6.45, 7) is 13.7. The van der Waals surface area contributed by atoms with Crippen molar-refractivity contribution >= 4 is 0 Å². The first-order valence-electron chi connectivity index (χ1n) is 6.30. The molecule has 0 heterocycles. The van der Waals surface area contributed by atoms with Crippen molar-refractivity contribution < 1.29 is 0 Å². The van der Waals surface area contributed by atoms with Crippen molar-refractivity contribution in [1.29, 1.82) is 0 Å². The molecule has 15 heavy (non-hydrogen) atoms. The van der Waals surface area contributed by atoms with E-state index in [1.807, 2.05) is 0 Å². The highest BCUT2D eigenvalue weighted by Gasteiger charge is 2.63. The average molecular weight is 212 g/mol. The molecule has 3 N–H and O–H groups in total. The van der Waals surface area contributed by atoms with E-state index >= 15 is 0 Å². The highest BCUT2D eigenvalue weighted by atomic mass is 14.9. The van der Waals surface area contributed by atoms with Crippen molar-refractivity contribution in [3.8, 4) is 0 Å². The molecule has 0 bridgehead atoms. The van der Waals surface area contributed by atoms with Crippen LogP contribution in [0.3, 0.4) is 0 Å². The maximum absolute atomic E-state index is 5.96. The number of nitrogens with two attached hydrogens (primary N) is 1. The molecule has 0 aliphatic heterocycles. The van der Waals surface area contributed by atoms with Gasteiger partial charge in [-0.3, -0.25) is 0 Å².